The molecule has 1 heterocycles. The Kier molecular flexibility index (Phi) is 3.91. The number of benzene rings is 1. The first-order valence-corrected chi connectivity index (χ1v) is 5.48. The van der Waals surface area contributed by atoms with Crippen LogP contribution in [0.2, 0.25) is 0 Å². The van der Waals surface area contributed by atoms with Crippen molar-refractivity contribution in [2.24, 2.45) is 0 Å². The van der Waals surface area contributed by atoms with Gasteiger partial charge in [-0.15, -0.1) is 0 Å². The summed E-state index contributed by atoms with van der Waals surface area (Å²) in [4.78, 5) is 14.0. The van der Waals surface area contributed by atoms with Gasteiger partial charge in [-0.2, -0.15) is 5.10 Å². The molecule has 19 heavy (non-hydrogen) atoms. The first-order valence-electron chi connectivity index (χ1n) is 5.48. The topological polar surface area (TPSA) is 92.3 Å². The number of methoxy groups -OCH3 is 1. The van der Waals surface area contributed by atoms with Gasteiger partial charge in [-0.25, -0.2) is 9.67 Å². The second-order valence-electron chi connectivity index (χ2n) is 3.60. The Morgan fingerprint density at radius 1 is 1.42 bits per heavy atom. The minimum absolute atomic E-state index is 0.0412. The van der Waals surface area contributed by atoms with Crippen molar-refractivity contribution in [3.05, 3.63) is 41.0 Å². The molecule has 0 atom stereocenters. The highest BCUT2D eigenvalue weighted by molar-refractivity contribution is 5.48. The standard InChI is InChI=1S/C11H12N4O4/c1-18-11-6-9(15(16)17)2-3-10(11)19-5-4-14-8-12-7-13-14/h2-3,6-8H,4-5H2,1H3. The van der Waals surface area contributed by atoms with Crippen molar-refractivity contribution in [1.82, 2.24) is 14.8 Å². The third-order valence-electron chi connectivity index (χ3n) is 2.40. The van der Waals surface area contributed by atoms with E-state index in [1.807, 2.05) is 0 Å². The Balaban J connectivity index is 2.01. The van der Waals surface area contributed by atoms with Crippen LogP contribution >= 0.6 is 0 Å². The van der Waals surface area contributed by atoms with Gasteiger partial charge < -0.3 is 9.47 Å². The second kappa shape index (κ2) is 5.80. The van der Waals surface area contributed by atoms with E-state index >= 15 is 0 Å². The molecular weight excluding hydrogens is 252 g/mol. The smallest absolute Gasteiger partial charge is 0.273 e. The predicted molar refractivity (Wildman–Crippen MR) is 65.2 cm³/mol. The third kappa shape index (κ3) is 3.18. The lowest BCUT2D eigenvalue weighted by Gasteiger charge is -2.10. The maximum absolute atomic E-state index is 10.6. The number of nitro groups is 1. The summed E-state index contributed by atoms with van der Waals surface area (Å²) in [5, 5.41) is 14.6. The van der Waals surface area contributed by atoms with Crippen molar-refractivity contribution >= 4 is 5.69 Å². The molecule has 8 heteroatoms. The summed E-state index contributed by atoms with van der Waals surface area (Å²) in [7, 11) is 1.43. The molecule has 0 amide bonds. The molecule has 8 nitrogen and oxygen atoms in total. The Labute approximate surface area is 108 Å². The van der Waals surface area contributed by atoms with Gasteiger partial charge >= 0.3 is 0 Å². The van der Waals surface area contributed by atoms with E-state index < -0.39 is 4.92 Å². The number of nitro benzene ring substituents is 1. The Hall–Kier alpha value is -2.64. The monoisotopic (exact) mass is 264 g/mol. The molecule has 0 aliphatic carbocycles. The summed E-state index contributed by atoms with van der Waals surface area (Å²) < 4.78 is 12.2. The fraction of sp³-hybridized carbons (Fsp3) is 0.273. The van der Waals surface area contributed by atoms with E-state index in [1.165, 1.54) is 31.6 Å². The zero-order valence-electron chi connectivity index (χ0n) is 10.2. The normalized spacial score (nSPS) is 10.2. The predicted octanol–water partition coefficient (Wildman–Crippen LogP) is 1.27. The minimum atomic E-state index is -0.484. The van der Waals surface area contributed by atoms with Crippen LogP contribution in [0.3, 0.4) is 0 Å². The molecule has 0 aliphatic heterocycles. The van der Waals surface area contributed by atoms with Gasteiger partial charge in [-0.05, 0) is 6.07 Å². The van der Waals surface area contributed by atoms with Crippen LogP contribution in [-0.2, 0) is 6.54 Å². The van der Waals surface area contributed by atoms with Gasteiger partial charge in [0.2, 0.25) is 0 Å². The largest absolute Gasteiger partial charge is 0.493 e. The molecule has 0 spiro atoms. The first kappa shape index (κ1) is 12.8. The van der Waals surface area contributed by atoms with Gasteiger partial charge in [-0.3, -0.25) is 10.1 Å². The van der Waals surface area contributed by atoms with Crippen molar-refractivity contribution in [1.29, 1.82) is 0 Å². The summed E-state index contributed by atoms with van der Waals surface area (Å²) in [6, 6.07) is 4.20. The molecule has 2 aromatic rings. The van der Waals surface area contributed by atoms with Crippen LogP contribution in [0.1, 0.15) is 0 Å². The summed E-state index contributed by atoms with van der Waals surface area (Å²) in [6.07, 6.45) is 3.02. The number of rotatable bonds is 6. The highest BCUT2D eigenvalue weighted by atomic mass is 16.6. The lowest BCUT2D eigenvalue weighted by molar-refractivity contribution is -0.384. The summed E-state index contributed by atoms with van der Waals surface area (Å²) >= 11 is 0. The van der Waals surface area contributed by atoms with E-state index in [1.54, 1.807) is 11.0 Å². The van der Waals surface area contributed by atoms with Crippen LogP contribution in [0.4, 0.5) is 5.69 Å². The van der Waals surface area contributed by atoms with Crippen molar-refractivity contribution in [2.45, 2.75) is 6.54 Å². The Morgan fingerprint density at radius 3 is 2.89 bits per heavy atom. The quantitative estimate of drug-likeness (QED) is 0.576. The molecular formula is C11H12N4O4. The maximum atomic E-state index is 10.6. The molecule has 1 aromatic heterocycles. The zero-order valence-corrected chi connectivity index (χ0v) is 10.2. The van der Waals surface area contributed by atoms with Gasteiger partial charge in [0.15, 0.2) is 11.5 Å². The summed E-state index contributed by atoms with van der Waals surface area (Å²) in [5.41, 5.74) is -0.0412. The SMILES string of the molecule is COc1cc([N+](=O)[O-])ccc1OCCn1cncn1. The molecule has 0 saturated heterocycles. The fourth-order valence-electron chi connectivity index (χ4n) is 1.49. The lowest BCUT2D eigenvalue weighted by Crippen LogP contribution is -2.09. The molecule has 0 bridgehead atoms. The first-order chi connectivity index (χ1) is 9.20. The molecule has 0 fully saturated rings. The van der Waals surface area contributed by atoms with Crippen LogP contribution in [0.25, 0.3) is 0 Å². The number of hydrogen-bond acceptors (Lipinski definition) is 6. The number of hydrogen-bond donors (Lipinski definition) is 0. The third-order valence-corrected chi connectivity index (χ3v) is 2.40. The molecule has 100 valence electrons. The lowest BCUT2D eigenvalue weighted by atomic mass is 10.3. The van der Waals surface area contributed by atoms with Crippen molar-refractivity contribution in [3.63, 3.8) is 0 Å². The van der Waals surface area contributed by atoms with E-state index in [2.05, 4.69) is 10.1 Å². The highest BCUT2D eigenvalue weighted by Gasteiger charge is 2.12. The molecule has 0 unspecified atom stereocenters. The second-order valence-corrected chi connectivity index (χ2v) is 3.60. The van der Waals surface area contributed by atoms with E-state index in [0.29, 0.717) is 24.7 Å². The molecule has 0 saturated carbocycles. The minimum Gasteiger partial charge on any atom is -0.493 e. The molecule has 0 radical (unpaired) electrons. The Bertz CT molecular complexity index is 556. The highest BCUT2D eigenvalue weighted by Crippen LogP contribution is 2.30. The van der Waals surface area contributed by atoms with Gasteiger partial charge in [0.25, 0.3) is 5.69 Å². The van der Waals surface area contributed by atoms with E-state index in [9.17, 15) is 10.1 Å². The summed E-state index contributed by atoms with van der Waals surface area (Å²) in [6.45, 7) is 0.887. The zero-order chi connectivity index (χ0) is 13.7. The summed E-state index contributed by atoms with van der Waals surface area (Å²) in [5.74, 6) is 0.779. The average molecular weight is 264 g/mol. The molecule has 0 aliphatic rings. The van der Waals surface area contributed by atoms with Gasteiger partial charge in [-0.1, -0.05) is 0 Å². The maximum Gasteiger partial charge on any atom is 0.273 e. The van der Waals surface area contributed by atoms with E-state index in [0.717, 1.165) is 0 Å². The molecule has 1 aromatic carbocycles. The van der Waals surface area contributed by atoms with Gasteiger partial charge in [0.1, 0.15) is 19.3 Å². The number of nitrogens with zero attached hydrogens (tertiary/aromatic N) is 4. The van der Waals surface area contributed by atoms with Crippen molar-refractivity contribution in [2.75, 3.05) is 13.7 Å². The molecule has 0 N–H and O–H groups in total. The van der Waals surface area contributed by atoms with Gasteiger partial charge in [0.05, 0.1) is 24.6 Å². The van der Waals surface area contributed by atoms with Gasteiger partial charge in [0, 0.05) is 6.07 Å². The number of non-ortho nitro benzene ring substituents is 1. The fourth-order valence-corrected chi connectivity index (χ4v) is 1.49. The average Bonchev–Trinajstić information content (AvgIpc) is 2.92. The number of ether oxygens (including phenoxy) is 2. The van der Waals surface area contributed by atoms with Crippen LogP contribution in [-0.4, -0.2) is 33.4 Å². The van der Waals surface area contributed by atoms with Crippen molar-refractivity contribution in [3.8, 4) is 11.5 Å². The van der Waals surface area contributed by atoms with Crippen LogP contribution in [0.15, 0.2) is 30.9 Å². The van der Waals surface area contributed by atoms with Crippen LogP contribution in [0.5, 0.6) is 11.5 Å². The van der Waals surface area contributed by atoms with Crippen LogP contribution < -0.4 is 9.47 Å². The van der Waals surface area contributed by atoms with Crippen molar-refractivity contribution < 1.29 is 14.4 Å². The Morgan fingerprint density at radius 2 is 2.26 bits per heavy atom. The van der Waals surface area contributed by atoms with E-state index in [-0.39, 0.29) is 5.69 Å². The van der Waals surface area contributed by atoms with E-state index in [4.69, 9.17) is 9.47 Å². The van der Waals surface area contributed by atoms with Crippen LogP contribution in [0, 0.1) is 10.1 Å². The molecule has 2 rings (SSSR count). The number of aromatic nitrogens is 3.